The lowest BCUT2D eigenvalue weighted by molar-refractivity contribution is 0.0522. The molecule has 6 heteroatoms. The van der Waals surface area contributed by atoms with Crippen LogP contribution in [-0.4, -0.2) is 26.5 Å². The quantitative estimate of drug-likeness (QED) is 0.688. The number of aryl methyl sites for hydroxylation is 1. The highest BCUT2D eigenvalue weighted by Gasteiger charge is 2.21. The Labute approximate surface area is 110 Å². The van der Waals surface area contributed by atoms with Crippen molar-refractivity contribution in [3.05, 3.63) is 23.1 Å². The number of nitrogens with zero attached hydrogens (tertiary/aromatic N) is 3. The third kappa shape index (κ3) is 2.46. The Morgan fingerprint density at radius 3 is 2.72 bits per heavy atom. The van der Waals surface area contributed by atoms with E-state index in [1.807, 2.05) is 0 Å². The van der Waals surface area contributed by atoms with Crippen molar-refractivity contribution in [3.63, 3.8) is 0 Å². The SMILES string of the molecule is Cc1nn(C(=O)OC(C)(C)C)c2cnc(Cl)cc12. The summed E-state index contributed by atoms with van der Waals surface area (Å²) in [4.78, 5) is 15.9. The first kappa shape index (κ1) is 12.8. The van der Waals surface area contributed by atoms with Crippen LogP contribution in [0, 0.1) is 6.92 Å². The van der Waals surface area contributed by atoms with Crippen LogP contribution in [0.2, 0.25) is 5.15 Å². The normalized spacial score (nSPS) is 11.8. The third-order valence-corrected chi connectivity index (χ3v) is 2.49. The fourth-order valence-corrected chi connectivity index (χ4v) is 1.74. The zero-order valence-corrected chi connectivity index (χ0v) is 11.4. The van der Waals surface area contributed by atoms with Crippen molar-refractivity contribution in [1.82, 2.24) is 14.8 Å². The second kappa shape index (κ2) is 4.24. The standard InChI is InChI=1S/C12H14ClN3O2/c1-7-8-5-10(13)14-6-9(8)16(15-7)11(17)18-12(2,3)4/h5-6H,1-4H3. The maximum Gasteiger partial charge on any atom is 0.435 e. The van der Waals surface area contributed by atoms with Crippen molar-refractivity contribution in [3.8, 4) is 0 Å². The molecule has 0 aliphatic rings. The lowest BCUT2D eigenvalue weighted by atomic mass is 10.2. The summed E-state index contributed by atoms with van der Waals surface area (Å²) in [5.74, 6) is 0. The van der Waals surface area contributed by atoms with E-state index >= 15 is 0 Å². The number of halogens is 1. The zero-order valence-electron chi connectivity index (χ0n) is 10.7. The molecule has 0 N–H and O–H groups in total. The molecule has 2 aromatic heterocycles. The molecule has 0 spiro atoms. The number of hydrogen-bond acceptors (Lipinski definition) is 4. The van der Waals surface area contributed by atoms with Crippen molar-refractivity contribution in [2.75, 3.05) is 0 Å². The minimum absolute atomic E-state index is 0.370. The maximum absolute atomic E-state index is 12.0. The summed E-state index contributed by atoms with van der Waals surface area (Å²) < 4.78 is 6.48. The van der Waals surface area contributed by atoms with Gasteiger partial charge in [0.05, 0.1) is 17.4 Å². The molecule has 18 heavy (non-hydrogen) atoms. The van der Waals surface area contributed by atoms with Crippen molar-refractivity contribution in [1.29, 1.82) is 0 Å². The van der Waals surface area contributed by atoms with Gasteiger partial charge in [0, 0.05) is 5.39 Å². The number of aromatic nitrogens is 3. The van der Waals surface area contributed by atoms with E-state index < -0.39 is 11.7 Å². The van der Waals surface area contributed by atoms with Crippen LogP contribution >= 0.6 is 11.6 Å². The van der Waals surface area contributed by atoms with Crippen LogP contribution in [0.3, 0.4) is 0 Å². The highest BCUT2D eigenvalue weighted by Crippen LogP contribution is 2.21. The molecule has 0 amide bonds. The van der Waals surface area contributed by atoms with Crippen molar-refractivity contribution in [2.24, 2.45) is 0 Å². The molecule has 0 atom stereocenters. The summed E-state index contributed by atoms with van der Waals surface area (Å²) in [5, 5.41) is 5.32. The smallest absolute Gasteiger partial charge is 0.435 e. The molecule has 0 unspecified atom stereocenters. The Kier molecular flexibility index (Phi) is 3.02. The molecule has 5 nitrogen and oxygen atoms in total. The Bertz CT molecular complexity index is 614. The highest BCUT2D eigenvalue weighted by molar-refractivity contribution is 6.30. The van der Waals surface area contributed by atoms with E-state index in [1.165, 1.54) is 10.9 Å². The average Bonchev–Trinajstić information content (AvgIpc) is 2.54. The molecule has 2 heterocycles. The van der Waals surface area contributed by atoms with Crippen LogP contribution in [0.4, 0.5) is 4.79 Å². The molecular formula is C12H14ClN3O2. The summed E-state index contributed by atoms with van der Waals surface area (Å²) in [7, 11) is 0. The number of carbonyl (C=O) groups is 1. The van der Waals surface area contributed by atoms with E-state index in [1.54, 1.807) is 33.8 Å². The topological polar surface area (TPSA) is 57.0 Å². The monoisotopic (exact) mass is 267 g/mol. The van der Waals surface area contributed by atoms with E-state index in [-0.39, 0.29) is 0 Å². The first-order valence-electron chi connectivity index (χ1n) is 5.52. The predicted molar refractivity (Wildman–Crippen MR) is 68.9 cm³/mol. The van der Waals surface area contributed by atoms with Crippen LogP contribution in [0.1, 0.15) is 26.5 Å². The average molecular weight is 268 g/mol. The van der Waals surface area contributed by atoms with E-state index in [4.69, 9.17) is 16.3 Å². The van der Waals surface area contributed by atoms with Crippen molar-refractivity contribution < 1.29 is 9.53 Å². The minimum atomic E-state index is -0.566. The van der Waals surface area contributed by atoms with Gasteiger partial charge in [-0.15, -0.1) is 0 Å². The lowest BCUT2D eigenvalue weighted by Gasteiger charge is -2.19. The van der Waals surface area contributed by atoms with Crippen LogP contribution in [0.5, 0.6) is 0 Å². The van der Waals surface area contributed by atoms with Gasteiger partial charge in [0.25, 0.3) is 0 Å². The van der Waals surface area contributed by atoms with Gasteiger partial charge in [-0.3, -0.25) is 0 Å². The van der Waals surface area contributed by atoms with E-state index in [0.717, 1.165) is 5.39 Å². The molecule has 0 saturated heterocycles. The number of rotatable bonds is 0. The van der Waals surface area contributed by atoms with Crippen molar-refractivity contribution in [2.45, 2.75) is 33.3 Å². The molecule has 0 aliphatic heterocycles. The number of hydrogen-bond donors (Lipinski definition) is 0. The maximum atomic E-state index is 12.0. The van der Waals surface area contributed by atoms with E-state index in [2.05, 4.69) is 10.1 Å². The Morgan fingerprint density at radius 2 is 2.11 bits per heavy atom. The Hall–Kier alpha value is -1.62. The Morgan fingerprint density at radius 1 is 1.44 bits per heavy atom. The second-order valence-electron chi connectivity index (χ2n) is 5.00. The van der Waals surface area contributed by atoms with Gasteiger partial charge in [0.2, 0.25) is 0 Å². The zero-order chi connectivity index (χ0) is 13.5. The second-order valence-corrected chi connectivity index (χ2v) is 5.39. The van der Waals surface area contributed by atoms with Gasteiger partial charge in [0.1, 0.15) is 10.8 Å². The molecule has 96 valence electrons. The summed E-state index contributed by atoms with van der Waals surface area (Å²) in [6.45, 7) is 7.22. The van der Waals surface area contributed by atoms with Crippen LogP contribution in [0.15, 0.2) is 12.3 Å². The molecule has 0 saturated carbocycles. The fraction of sp³-hybridized carbons (Fsp3) is 0.417. The van der Waals surface area contributed by atoms with Crippen LogP contribution in [0.25, 0.3) is 10.9 Å². The summed E-state index contributed by atoms with van der Waals surface area (Å²) in [6, 6.07) is 1.68. The molecular weight excluding hydrogens is 254 g/mol. The molecule has 2 rings (SSSR count). The number of pyridine rings is 1. The van der Waals surface area contributed by atoms with Crippen LogP contribution in [-0.2, 0) is 4.74 Å². The molecule has 0 fully saturated rings. The summed E-state index contributed by atoms with van der Waals surface area (Å²) in [5.41, 5.74) is 0.731. The third-order valence-electron chi connectivity index (χ3n) is 2.28. The van der Waals surface area contributed by atoms with Crippen LogP contribution < -0.4 is 0 Å². The van der Waals surface area contributed by atoms with Gasteiger partial charge in [-0.2, -0.15) is 9.78 Å². The highest BCUT2D eigenvalue weighted by atomic mass is 35.5. The fourth-order valence-electron chi connectivity index (χ4n) is 1.58. The molecule has 0 bridgehead atoms. The van der Waals surface area contributed by atoms with Gasteiger partial charge >= 0.3 is 6.09 Å². The van der Waals surface area contributed by atoms with Gasteiger partial charge in [-0.25, -0.2) is 9.78 Å². The molecule has 2 aromatic rings. The van der Waals surface area contributed by atoms with E-state index in [9.17, 15) is 4.79 Å². The van der Waals surface area contributed by atoms with Gasteiger partial charge in [-0.05, 0) is 33.8 Å². The first-order chi connectivity index (χ1) is 8.28. The Balaban J connectivity index is 2.49. The van der Waals surface area contributed by atoms with Gasteiger partial charge in [0.15, 0.2) is 0 Å². The molecule has 0 aliphatic carbocycles. The predicted octanol–water partition coefficient (Wildman–Crippen LogP) is 3.18. The van der Waals surface area contributed by atoms with Gasteiger partial charge < -0.3 is 4.74 Å². The molecule has 0 radical (unpaired) electrons. The minimum Gasteiger partial charge on any atom is -0.442 e. The largest absolute Gasteiger partial charge is 0.442 e. The molecule has 0 aromatic carbocycles. The summed E-state index contributed by atoms with van der Waals surface area (Å²) >= 11 is 5.82. The number of fused-ring (bicyclic) bond motifs is 1. The van der Waals surface area contributed by atoms with Gasteiger partial charge in [-0.1, -0.05) is 11.6 Å². The van der Waals surface area contributed by atoms with Crippen molar-refractivity contribution >= 4 is 28.6 Å². The summed E-state index contributed by atoms with van der Waals surface area (Å²) in [6.07, 6.45) is 0.992. The first-order valence-corrected chi connectivity index (χ1v) is 5.90. The number of carbonyl (C=O) groups excluding carboxylic acids is 1. The van der Waals surface area contributed by atoms with E-state index in [0.29, 0.717) is 16.4 Å². The lowest BCUT2D eigenvalue weighted by Crippen LogP contribution is -2.27. The number of ether oxygens (including phenoxy) is 1.